The Kier molecular flexibility index (Phi) is 2.93. The van der Waals surface area contributed by atoms with Crippen molar-refractivity contribution >= 4 is 0 Å². The Bertz CT molecular complexity index is 564. The molecule has 0 bridgehead atoms. The summed E-state index contributed by atoms with van der Waals surface area (Å²) < 4.78 is 51.3. The summed E-state index contributed by atoms with van der Waals surface area (Å²) >= 11 is 0. The Balaban J connectivity index is 2.61. The number of aromatic nitrogens is 3. The minimum atomic E-state index is -4.62. The average molecular weight is 261 g/mol. The van der Waals surface area contributed by atoms with Crippen molar-refractivity contribution in [3.05, 3.63) is 30.4 Å². The maximum Gasteiger partial charge on any atom is 0.433 e. The number of imidazole rings is 1. The smallest absolute Gasteiger partial charge is 0.334 e. The van der Waals surface area contributed by atoms with Crippen molar-refractivity contribution in [2.24, 2.45) is 7.05 Å². The van der Waals surface area contributed by atoms with Crippen LogP contribution < -0.4 is 4.94 Å². The molecule has 0 saturated heterocycles. The molecule has 0 N–H and O–H groups in total. The second kappa shape index (κ2) is 4.28. The van der Waals surface area contributed by atoms with Gasteiger partial charge in [-0.05, 0) is 6.07 Å². The normalized spacial score (nSPS) is 11.6. The highest BCUT2D eigenvalue weighted by Gasteiger charge is 2.33. The first kappa shape index (κ1) is 12.3. The molecule has 2 aromatic rings. The quantitative estimate of drug-likeness (QED) is 0.780. The molecule has 0 atom stereocenters. The minimum absolute atomic E-state index is 0.118. The van der Waals surface area contributed by atoms with Crippen LogP contribution in [0.25, 0.3) is 11.4 Å². The van der Waals surface area contributed by atoms with E-state index in [1.165, 1.54) is 17.0 Å². The van der Waals surface area contributed by atoms with E-state index in [0.717, 1.165) is 0 Å². The molecule has 0 spiro atoms. The van der Waals surface area contributed by atoms with Crippen LogP contribution in [0.4, 0.5) is 17.7 Å². The lowest BCUT2D eigenvalue weighted by atomic mass is 10.2. The van der Waals surface area contributed by atoms with Crippen molar-refractivity contribution < 1.29 is 22.6 Å². The summed E-state index contributed by atoms with van der Waals surface area (Å²) in [6.45, 7) is 0. The van der Waals surface area contributed by atoms with E-state index in [4.69, 9.17) is 0 Å². The van der Waals surface area contributed by atoms with Gasteiger partial charge in [0.1, 0.15) is 11.5 Å². The van der Waals surface area contributed by atoms with Crippen LogP contribution in [0.3, 0.4) is 0 Å². The van der Waals surface area contributed by atoms with Gasteiger partial charge in [0.2, 0.25) is 5.75 Å². The monoisotopic (exact) mass is 261 g/mol. The molecule has 2 aromatic heterocycles. The summed E-state index contributed by atoms with van der Waals surface area (Å²) in [5, 5.41) is 0. The van der Waals surface area contributed by atoms with Crippen molar-refractivity contribution in [1.82, 2.24) is 14.5 Å². The van der Waals surface area contributed by atoms with Crippen LogP contribution in [0.15, 0.2) is 24.7 Å². The van der Waals surface area contributed by atoms with Crippen LogP contribution >= 0.6 is 0 Å². The molecule has 0 aliphatic rings. The standard InChI is InChI=1S/C10H7F4N3O/c1-17-3-2-15-9(17)6-4-8(10(11,12)13)16-5-7(6)18-14/h2-5H,1H3. The van der Waals surface area contributed by atoms with Gasteiger partial charge in [-0.3, -0.25) is 4.94 Å². The van der Waals surface area contributed by atoms with Crippen molar-refractivity contribution in [2.75, 3.05) is 0 Å². The molecule has 0 fully saturated rings. The van der Waals surface area contributed by atoms with Gasteiger partial charge in [-0.25, -0.2) is 9.97 Å². The number of hydrogen-bond acceptors (Lipinski definition) is 3. The molecule has 0 radical (unpaired) electrons. The molecule has 0 unspecified atom stereocenters. The summed E-state index contributed by atoms with van der Waals surface area (Å²) in [4.78, 5) is 10.4. The number of rotatable bonds is 2. The molecule has 0 aliphatic carbocycles. The lowest BCUT2D eigenvalue weighted by Crippen LogP contribution is -2.08. The Morgan fingerprint density at radius 3 is 2.50 bits per heavy atom. The van der Waals surface area contributed by atoms with Gasteiger partial charge in [-0.1, -0.05) is 0 Å². The Morgan fingerprint density at radius 2 is 2.00 bits per heavy atom. The van der Waals surface area contributed by atoms with Crippen molar-refractivity contribution in [3.8, 4) is 17.1 Å². The Labute approximate surface area is 98.8 Å². The molecule has 18 heavy (non-hydrogen) atoms. The van der Waals surface area contributed by atoms with Gasteiger partial charge in [0, 0.05) is 24.0 Å². The van der Waals surface area contributed by atoms with Crippen molar-refractivity contribution in [3.63, 3.8) is 0 Å². The topological polar surface area (TPSA) is 39.9 Å². The molecule has 4 nitrogen and oxygen atoms in total. The fourth-order valence-corrected chi connectivity index (χ4v) is 1.46. The summed E-state index contributed by atoms with van der Waals surface area (Å²) in [6.07, 6.45) is -1.04. The molecular weight excluding hydrogens is 254 g/mol. The molecular formula is C10H7F4N3O. The van der Waals surface area contributed by atoms with E-state index in [2.05, 4.69) is 14.9 Å². The van der Waals surface area contributed by atoms with E-state index in [9.17, 15) is 17.7 Å². The molecule has 0 amide bonds. The number of aryl methyl sites for hydroxylation is 1. The lowest BCUT2D eigenvalue weighted by Gasteiger charge is -2.09. The van der Waals surface area contributed by atoms with E-state index in [0.29, 0.717) is 12.3 Å². The van der Waals surface area contributed by atoms with Gasteiger partial charge in [0.25, 0.3) is 0 Å². The molecule has 96 valence electrons. The highest BCUT2D eigenvalue weighted by atomic mass is 19.4. The summed E-state index contributed by atoms with van der Waals surface area (Å²) in [6, 6.07) is 0.692. The number of hydrogen-bond donors (Lipinski definition) is 0. The predicted octanol–water partition coefficient (Wildman–Crippen LogP) is 2.76. The SMILES string of the molecule is Cn1ccnc1-c1cc(C(F)(F)F)ncc1OF. The molecule has 0 aromatic carbocycles. The third-order valence-corrected chi connectivity index (χ3v) is 2.30. The number of pyridine rings is 1. The van der Waals surface area contributed by atoms with Crippen LogP contribution in [0.2, 0.25) is 0 Å². The summed E-state index contributed by atoms with van der Waals surface area (Å²) in [7, 11) is 1.57. The van der Waals surface area contributed by atoms with E-state index >= 15 is 0 Å². The van der Waals surface area contributed by atoms with Crippen LogP contribution in [-0.2, 0) is 13.2 Å². The summed E-state index contributed by atoms with van der Waals surface area (Å²) in [5.74, 6) is -0.271. The first-order valence-electron chi connectivity index (χ1n) is 4.77. The highest BCUT2D eigenvalue weighted by molar-refractivity contribution is 5.64. The van der Waals surface area contributed by atoms with E-state index in [-0.39, 0.29) is 11.4 Å². The number of alkyl halides is 3. The maximum atomic E-state index is 12.5. The first-order valence-corrected chi connectivity index (χ1v) is 4.77. The average Bonchev–Trinajstić information content (AvgIpc) is 2.73. The summed E-state index contributed by atoms with van der Waals surface area (Å²) in [5.41, 5.74) is -1.26. The fourth-order valence-electron chi connectivity index (χ4n) is 1.46. The number of halogens is 4. The third-order valence-electron chi connectivity index (χ3n) is 2.30. The fraction of sp³-hybridized carbons (Fsp3) is 0.200. The van der Waals surface area contributed by atoms with Gasteiger partial charge in [0.15, 0.2) is 0 Å². The Hall–Kier alpha value is -2.12. The zero-order valence-corrected chi connectivity index (χ0v) is 9.07. The molecule has 2 heterocycles. The van der Waals surface area contributed by atoms with Gasteiger partial charge in [-0.15, -0.1) is 0 Å². The van der Waals surface area contributed by atoms with Crippen LogP contribution in [0.5, 0.6) is 5.75 Å². The van der Waals surface area contributed by atoms with E-state index in [1.807, 2.05) is 0 Å². The molecule has 0 saturated carbocycles. The second-order valence-corrected chi connectivity index (χ2v) is 3.50. The predicted molar refractivity (Wildman–Crippen MR) is 53.2 cm³/mol. The maximum absolute atomic E-state index is 12.5. The van der Waals surface area contributed by atoms with E-state index < -0.39 is 17.6 Å². The van der Waals surface area contributed by atoms with Gasteiger partial charge in [0.05, 0.1) is 11.8 Å². The van der Waals surface area contributed by atoms with Crippen LogP contribution in [0.1, 0.15) is 5.69 Å². The van der Waals surface area contributed by atoms with Crippen LogP contribution in [0, 0.1) is 0 Å². The Morgan fingerprint density at radius 1 is 1.28 bits per heavy atom. The van der Waals surface area contributed by atoms with Gasteiger partial charge in [-0.2, -0.15) is 13.2 Å². The second-order valence-electron chi connectivity index (χ2n) is 3.50. The van der Waals surface area contributed by atoms with Crippen LogP contribution in [-0.4, -0.2) is 14.5 Å². The minimum Gasteiger partial charge on any atom is -0.334 e. The van der Waals surface area contributed by atoms with Crippen molar-refractivity contribution in [2.45, 2.75) is 6.18 Å². The highest BCUT2D eigenvalue weighted by Crippen LogP contribution is 2.34. The zero-order valence-electron chi connectivity index (χ0n) is 9.07. The third kappa shape index (κ3) is 2.13. The lowest BCUT2D eigenvalue weighted by molar-refractivity contribution is -0.141. The molecule has 8 heteroatoms. The zero-order chi connectivity index (χ0) is 13.3. The molecule has 2 rings (SSSR count). The van der Waals surface area contributed by atoms with E-state index in [1.54, 1.807) is 7.05 Å². The first-order chi connectivity index (χ1) is 8.43. The van der Waals surface area contributed by atoms with Crippen molar-refractivity contribution in [1.29, 1.82) is 0 Å². The van der Waals surface area contributed by atoms with Gasteiger partial charge >= 0.3 is 6.18 Å². The largest absolute Gasteiger partial charge is 0.433 e. The molecule has 0 aliphatic heterocycles. The number of nitrogens with zero attached hydrogens (tertiary/aromatic N) is 3. The van der Waals surface area contributed by atoms with Gasteiger partial charge < -0.3 is 4.57 Å².